The lowest BCUT2D eigenvalue weighted by Gasteiger charge is -2.21. The summed E-state index contributed by atoms with van der Waals surface area (Å²) in [6.45, 7) is 2.21. The molecule has 0 radical (unpaired) electrons. The lowest BCUT2D eigenvalue weighted by molar-refractivity contribution is -0.141. The van der Waals surface area contributed by atoms with Crippen LogP contribution in [0.3, 0.4) is 0 Å². The van der Waals surface area contributed by atoms with Crippen molar-refractivity contribution >= 4 is 40.6 Å². The van der Waals surface area contributed by atoms with Gasteiger partial charge in [0, 0.05) is 43.4 Å². The Balaban J connectivity index is 1.36. The van der Waals surface area contributed by atoms with E-state index in [1.54, 1.807) is 24.0 Å². The van der Waals surface area contributed by atoms with E-state index in [2.05, 4.69) is 25.7 Å². The van der Waals surface area contributed by atoms with Crippen LogP contribution in [0.1, 0.15) is 29.4 Å². The Kier molecular flexibility index (Phi) is 7.76. The second kappa shape index (κ2) is 11.3. The van der Waals surface area contributed by atoms with E-state index < -0.39 is 23.8 Å². The summed E-state index contributed by atoms with van der Waals surface area (Å²) in [6, 6.07) is 5.43. The van der Waals surface area contributed by atoms with Crippen LogP contribution in [0, 0.1) is 11.3 Å². The van der Waals surface area contributed by atoms with Gasteiger partial charge in [0.15, 0.2) is 17.2 Å². The van der Waals surface area contributed by atoms with E-state index in [-0.39, 0.29) is 51.8 Å². The summed E-state index contributed by atoms with van der Waals surface area (Å²) >= 11 is 6.40. The number of rotatable bonds is 7. The summed E-state index contributed by atoms with van der Waals surface area (Å²) in [4.78, 5) is 35.6. The minimum absolute atomic E-state index is 0.0777. The van der Waals surface area contributed by atoms with Gasteiger partial charge in [0.05, 0.1) is 34.1 Å². The van der Waals surface area contributed by atoms with E-state index in [0.29, 0.717) is 25.2 Å². The molecule has 0 spiro atoms. The highest BCUT2D eigenvalue weighted by molar-refractivity contribution is 6.34. The highest BCUT2D eigenvalue weighted by Gasteiger charge is 2.38. The van der Waals surface area contributed by atoms with E-state index in [1.807, 2.05) is 0 Å². The maximum absolute atomic E-state index is 13.7. The van der Waals surface area contributed by atoms with Crippen molar-refractivity contribution < 1.29 is 22.8 Å². The summed E-state index contributed by atoms with van der Waals surface area (Å²) in [5.74, 6) is -0.562. The second-order valence-electron chi connectivity index (χ2n) is 9.71. The minimum atomic E-state index is -4.76. The Morgan fingerprint density at radius 1 is 1.31 bits per heavy atom. The molecule has 1 aliphatic rings. The number of nitrogens with one attached hydrogen (secondary N) is 2. The maximum atomic E-state index is 13.7. The molecule has 16 heteroatoms. The fourth-order valence-corrected chi connectivity index (χ4v) is 4.96. The zero-order valence-corrected chi connectivity index (χ0v) is 22.8. The SMILES string of the molecule is CC(NC(=O)c1ccc(Nc2nccn3c(-c4cn(CC#N)nc4C(F)(F)F)cnc23)cc1Cl)C(=O)N1CC[C@H](N)C1. The number of hydrogen-bond acceptors (Lipinski definition) is 8. The van der Waals surface area contributed by atoms with Gasteiger partial charge in [0.25, 0.3) is 5.91 Å². The molecule has 1 aliphatic heterocycles. The molecule has 1 aromatic carbocycles. The van der Waals surface area contributed by atoms with Gasteiger partial charge in [-0.25, -0.2) is 9.97 Å². The topological polar surface area (TPSA) is 159 Å². The first-order chi connectivity index (χ1) is 20.0. The molecule has 4 N–H and O–H groups in total. The Morgan fingerprint density at radius 3 is 2.76 bits per heavy atom. The number of carbonyl (C=O) groups is 2. The third-order valence-electron chi connectivity index (χ3n) is 6.70. The Labute approximate surface area is 241 Å². The van der Waals surface area contributed by atoms with Gasteiger partial charge in [-0.05, 0) is 31.5 Å². The van der Waals surface area contributed by atoms with Gasteiger partial charge < -0.3 is 21.3 Å². The van der Waals surface area contributed by atoms with Crippen molar-refractivity contribution in [3.05, 3.63) is 59.3 Å². The van der Waals surface area contributed by atoms with Crippen LogP contribution in [-0.4, -0.2) is 66.0 Å². The first-order valence-electron chi connectivity index (χ1n) is 12.7. The van der Waals surface area contributed by atoms with Gasteiger partial charge in [-0.1, -0.05) is 11.6 Å². The number of nitriles is 1. The van der Waals surface area contributed by atoms with Gasteiger partial charge in [-0.3, -0.25) is 18.7 Å². The summed E-state index contributed by atoms with van der Waals surface area (Å²) < 4.78 is 43.4. The molecule has 1 unspecified atom stereocenters. The number of amides is 2. The lowest BCUT2D eigenvalue weighted by Crippen LogP contribution is -2.46. The van der Waals surface area contributed by atoms with Crippen LogP contribution >= 0.6 is 11.6 Å². The number of likely N-dealkylation sites (tertiary alicyclic amines) is 1. The number of halogens is 4. The number of nitrogens with zero attached hydrogens (tertiary/aromatic N) is 7. The van der Waals surface area contributed by atoms with Crippen molar-refractivity contribution in [1.82, 2.24) is 34.4 Å². The van der Waals surface area contributed by atoms with Gasteiger partial charge in [0.2, 0.25) is 5.91 Å². The molecule has 2 amide bonds. The number of alkyl halides is 3. The largest absolute Gasteiger partial charge is 0.435 e. The van der Waals surface area contributed by atoms with E-state index in [0.717, 1.165) is 10.9 Å². The summed E-state index contributed by atoms with van der Waals surface area (Å²) in [5, 5.41) is 18.2. The summed E-state index contributed by atoms with van der Waals surface area (Å²) in [6.07, 6.45) is 1.17. The van der Waals surface area contributed by atoms with E-state index in [4.69, 9.17) is 22.6 Å². The molecule has 4 heterocycles. The van der Waals surface area contributed by atoms with Gasteiger partial charge in [-0.2, -0.15) is 23.5 Å². The molecule has 12 nitrogen and oxygen atoms in total. The molecule has 4 aromatic rings. The molecule has 1 fully saturated rings. The predicted octanol–water partition coefficient (Wildman–Crippen LogP) is 3.21. The van der Waals surface area contributed by atoms with E-state index in [1.165, 1.54) is 35.1 Å². The van der Waals surface area contributed by atoms with Crippen molar-refractivity contribution in [2.24, 2.45) is 5.73 Å². The van der Waals surface area contributed by atoms with Crippen molar-refractivity contribution in [3.63, 3.8) is 0 Å². The summed E-state index contributed by atoms with van der Waals surface area (Å²) in [7, 11) is 0. The molecule has 0 aliphatic carbocycles. The van der Waals surface area contributed by atoms with Crippen LogP contribution in [-0.2, 0) is 17.5 Å². The molecule has 0 bridgehead atoms. The van der Waals surface area contributed by atoms with E-state index in [9.17, 15) is 22.8 Å². The second-order valence-corrected chi connectivity index (χ2v) is 10.1. The molecule has 5 rings (SSSR count). The molecular formula is C26H24ClF3N10O2. The van der Waals surface area contributed by atoms with Gasteiger partial charge in [0.1, 0.15) is 12.6 Å². The number of benzene rings is 1. The molecular weight excluding hydrogens is 577 g/mol. The van der Waals surface area contributed by atoms with Crippen LogP contribution in [0.25, 0.3) is 16.9 Å². The van der Waals surface area contributed by atoms with Crippen molar-refractivity contribution in [2.75, 3.05) is 18.4 Å². The van der Waals surface area contributed by atoms with Gasteiger partial charge >= 0.3 is 6.18 Å². The first-order valence-corrected chi connectivity index (χ1v) is 13.1. The van der Waals surface area contributed by atoms with Crippen molar-refractivity contribution in [3.8, 4) is 17.3 Å². The highest BCUT2D eigenvalue weighted by Crippen LogP contribution is 2.37. The van der Waals surface area contributed by atoms with Gasteiger partial charge in [-0.15, -0.1) is 0 Å². The fourth-order valence-electron chi connectivity index (χ4n) is 4.69. The van der Waals surface area contributed by atoms with Crippen LogP contribution in [0.5, 0.6) is 0 Å². The Hall–Kier alpha value is -4.68. The van der Waals surface area contributed by atoms with Crippen LogP contribution in [0.2, 0.25) is 5.02 Å². The van der Waals surface area contributed by atoms with Crippen LogP contribution < -0.4 is 16.4 Å². The van der Waals surface area contributed by atoms with Crippen LogP contribution in [0.4, 0.5) is 24.7 Å². The number of nitrogens with two attached hydrogens (primary N) is 1. The zero-order valence-electron chi connectivity index (χ0n) is 22.1. The number of aromatic nitrogens is 5. The molecule has 2 atom stereocenters. The third-order valence-corrected chi connectivity index (χ3v) is 7.01. The lowest BCUT2D eigenvalue weighted by atomic mass is 10.1. The van der Waals surface area contributed by atoms with Crippen molar-refractivity contribution in [1.29, 1.82) is 5.26 Å². The molecule has 218 valence electrons. The molecule has 0 saturated carbocycles. The maximum Gasteiger partial charge on any atom is 0.435 e. The smallest absolute Gasteiger partial charge is 0.340 e. The zero-order chi connectivity index (χ0) is 30.2. The number of carbonyl (C=O) groups excluding carboxylic acids is 2. The normalized spacial score (nSPS) is 15.9. The number of fused-ring (bicyclic) bond motifs is 1. The minimum Gasteiger partial charge on any atom is -0.340 e. The average molecular weight is 601 g/mol. The molecule has 42 heavy (non-hydrogen) atoms. The van der Waals surface area contributed by atoms with E-state index >= 15 is 0 Å². The number of anilines is 2. The Bertz CT molecular complexity index is 1710. The number of hydrogen-bond donors (Lipinski definition) is 3. The highest BCUT2D eigenvalue weighted by atomic mass is 35.5. The third kappa shape index (κ3) is 5.71. The number of imidazole rings is 1. The monoisotopic (exact) mass is 600 g/mol. The summed E-state index contributed by atoms with van der Waals surface area (Å²) in [5.41, 5.74) is 5.34. The van der Waals surface area contributed by atoms with Crippen molar-refractivity contribution in [2.45, 2.75) is 38.1 Å². The average Bonchev–Trinajstić information content (AvgIpc) is 3.66. The quantitative estimate of drug-likeness (QED) is 0.292. The van der Waals surface area contributed by atoms with Crippen LogP contribution in [0.15, 0.2) is 43.0 Å². The predicted molar refractivity (Wildman–Crippen MR) is 146 cm³/mol. The Morgan fingerprint density at radius 2 is 2.10 bits per heavy atom. The first kappa shape index (κ1) is 28.8. The molecule has 3 aromatic heterocycles. The standard InChI is InChI=1S/C26H24ClF3N10O2/c1-14(25(42)38-7-4-15(32)12-38)35-24(41)17-3-2-16(10-19(17)27)36-22-23-34-11-20(40(23)9-6-33-22)18-13-39(8-5-31)37-21(18)26(28,29)30/h2-3,6,9-11,13-15H,4,7-8,12,32H2,1H3,(H,33,36)(H,35,41)/t14?,15-/m0/s1. The fraction of sp³-hybridized carbons (Fsp3) is 0.308. The molecule has 1 saturated heterocycles.